The number of rotatable bonds is 3. The molecule has 0 spiro atoms. The van der Waals surface area contributed by atoms with Gasteiger partial charge in [0.2, 0.25) is 0 Å². The molecular weight excluding hydrogens is 234 g/mol. The lowest BCUT2D eigenvalue weighted by atomic mass is 9.68. The molecule has 0 saturated heterocycles. The van der Waals surface area contributed by atoms with E-state index in [1.54, 1.807) is 0 Å². The normalized spacial score (nSPS) is 22.6. The van der Waals surface area contributed by atoms with Crippen LogP contribution in [0.2, 0.25) is 0 Å². The molecule has 19 heavy (non-hydrogen) atoms. The lowest BCUT2D eigenvalue weighted by Crippen LogP contribution is -2.36. The van der Waals surface area contributed by atoms with Gasteiger partial charge in [-0.25, -0.2) is 0 Å². The Hall–Kier alpha value is -1.02. The van der Waals surface area contributed by atoms with Crippen molar-refractivity contribution >= 4 is 0 Å². The van der Waals surface area contributed by atoms with E-state index in [0.717, 1.165) is 18.8 Å². The van der Waals surface area contributed by atoms with Crippen LogP contribution in [-0.2, 0) is 6.42 Å². The monoisotopic (exact) mass is 259 g/mol. The summed E-state index contributed by atoms with van der Waals surface area (Å²) in [7, 11) is 2.10. The predicted molar refractivity (Wildman–Crippen MR) is 78.6 cm³/mol. The van der Waals surface area contributed by atoms with Crippen molar-refractivity contribution in [3.8, 4) is 5.75 Å². The van der Waals surface area contributed by atoms with E-state index in [0.29, 0.717) is 11.5 Å². The van der Waals surface area contributed by atoms with Gasteiger partial charge in [-0.2, -0.15) is 0 Å². The molecule has 1 aliphatic carbocycles. The fourth-order valence-electron chi connectivity index (χ4n) is 4.00. The van der Waals surface area contributed by atoms with Crippen LogP contribution in [0.1, 0.15) is 56.2 Å². The summed E-state index contributed by atoms with van der Waals surface area (Å²) >= 11 is 0. The van der Waals surface area contributed by atoms with Crippen molar-refractivity contribution in [3.05, 3.63) is 29.3 Å². The van der Waals surface area contributed by atoms with Gasteiger partial charge in [0, 0.05) is 18.0 Å². The number of hydrogen-bond acceptors (Lipinski definition) is 2. The smallest absolute Gasteiger partial charge is 0.127 e. The van der Waals surface area contributed by atoms with Crippen molar-refractivity contribution in [3.63, 3.8) is 0 Å². The van der Waals surface area contributed by atoms with Crippen molar-refractivity contribution in [2.24, 2.45) is 5.41 Å². The van der Waals surface area contributed by atoms with E-state index >= 15 is 0 Å². The van der Waals surface area contributed by atoms with Gasteiger partial charge in [-0.05, 0) is 30.9 Å². The molecule has 0 aromatic heterocycles. The maximum atomic E-state index is 5.91. The van der Waals surface area contributed by atoms with Gasteiger partial charge in [0.15, 0.2) is 0 Å². The van der Waals surface area contributed by atoms with Crippen LogP contribution < -0.4 is 10.1 Å². The van der Waals surface area contributed by atoms with Gasteiger partial charge < -0.3 is 10.1 Å². The number of fused-ring (bicyclic) bond motifs is 1. The summed E-state index contributed by atoms with van der Waals surface area (Å²) < 4.78 is 5.91. The van der Waals surface area contributed by atoms with Gasteiger partial charge in [0.05, 0.1) is 6.61 Å². The van der Waals surface area contributed by atoms with Crippen LogP contribution in [0.3, 0.4) is 0 Å². The van der Waals surface area contributed by atoms with Crippen LogP contribution in [0.5, 0.6) is 5.75 Å². The maximum absolute atomic E-state index is 5.91. The Balaban J connectivity index is 1.96. The summed E-state index contributed by atoms with van der Waals surface area (Å²) in [5, 5.41) is 3.58. The van der Waals surface area contributed by atoms with Gasteiger partial charge in [-0.1, -0.05) is 44.4 Å². The molecule has 0 bridgehead atoms. The number of ether oxygens (including phenoxy) is 1. The highest BCUT2D eigenvalue weighted by atomic mass is 16.5. The molecule has 1 unspecified atom stereocenters. The molecule has 104 valence electrons. The minimum Gasteiger partial charge on any atom is -0.493 e. The fourth-order valence-corrected chi connectivity index (χ4v) is 4.00. The molecule has 3 rings (SSSR count). The average molecular weight is 259 g/mol. The molecule has 2 aliphatic rings. The maximum Gasteiger partial charge on any atom is 0.127 e. The Labute approximate surface area is 116 Å². The van der Waals surface area contributed by atoms with Crippen LogP contribution >= 0.6 is 0 Å². The molecular formula is C17H25NO. The zero-order valence-electron chi connectivity index (χ0n) is 12.2. The minimum atomic E-state index is 0.369. The summed E-state index contributed by atoms with van der Waals surface area (Å²) in [6, 6.07) is 7.08. The summed E-state index contributed by atoms with van der Waals surface area (Å²) in [6.45, 7) is 3.29. The van der Waals surface area contributed by atoms with Crippen molar-refractivity contribution in [1.82, 2.24) is 5.32 Å². The van der Waals surface area contributed by atoms with Gasteiger partial charge in [-0.3, -0.25) is 0 Å². The number of benzene rings is 1. The largest absolute Gasteiger partial charge is 0.493 e. The second kappa shape index (κ2) is 5.16. The first-order valence-corrected chi connectivity index (χ1v) is 7.66. The van der Waals surface area contributed by atoms with E-state index < -0.39 is 0 Å². The van der Waals surface area contributed by atoms with Gasteiger partial charge in [0.1, 0.15) is 5.75 Å². The average Bonchev–Trinajstić information content (AvgIpc) is 2.89. The second-order valence-electron chi connectivity index (χ2n) is 6.37. The molecule has 0 amide bonds. The Morgan fingerprint density at radius 3 is 2.74 bits per heavy atom. The first-order chi connectivity index (χ1) is 9.24. The Morgan fingerprint density at radius 1 is 1.21 bits per heavy atom. The summed E-state index contributed by atoms with van der Waals surface area (Å²) in [5.41, 5.74) is 3.13. The molecule has 2 heteroatoms. The molecule has 1 fully saturated rings. The predicted octanol–water partition coefficient (Wildman–Crippen LogP) is 3.85. The van der Waals surface area contributed by atoms with Crippen molar-refractivity contribution in [2.75, 3.05) is 13.7 Å². The molecule has 1 atom stereocenters. The highest BCUT2D eigenvalue weighted by Crippen LogP contribution is 2.48. The standard InChI is InChI=1S/C17H25NO/c1-17(10-4-3-5-11-17)16(18-2)14-8-6-7-13-9-12-19-15(13)14/h6-8,16,18H,3-5,9-12H2,1-2H3. The van der Waals surface area contributed by atoms with Gasteiger partial charge in [0.25, 0.3) is 0 Å². The van der Waals surface area contributed by atoms with Gasteiger partial charge in [-0.15, -0.1) is 0 Å². The quantitative estimate of drug-likeness (QED) is 0.890. The van der Waals surface area contributed by atoms with Crippen molar-refractivity contribution in [1.29, 1.82) is 0 Å². The summed E-state index contributed by atoms with van der Waals surface area (Å²) in [4.78, 5) is 0. The van der Waals surface area contributed by atoms with Crippen LogP contribution in [-0.4, -0.2) is 13.7 Å². The SMILES string of the molecule is CNC(c1cccc2c1OCC2)C1(C)CCCCC1. The zero-order chi connectivity index (χ0) is 13.3. The Morgan fingerprint density at radius 2 is 2.00 bits per heavy atom. The summed E-state index contributed by atoms with van der Waals surface area (Å²) in [6.07, 6.45) is 7.84. The highest BCUT2D eigenvalue weighted by molar-refractivity contribution is 5.46. The Kier molecular flexibility index (Phi) is 3.53. The van der Waals surface area contributed by atoms with Crippen LogP contribution in [0, 0.1) is 5.41 Å². The minimum absolute atomic E-state index is 0.369. The van der Waals surface area contributed by atoms with Crippen LogP contribution in [0.4, 0.5) is 0 Å². The van der Waals surface area contributed by atoms with Crippen LogP contribution in [0.15, 0.2) is 18.2 Å². The van der Waals surface area contributed by atoms with E-state index in [1.807, 2.05) is 0 Å². The first kappa shape index (κ1) is 13.0. The van der Waals surface area contributed by atoms with Crippen molar-refractivity contribution in [2.45, 2.75) is 51.5 Å². The Bertz CT molecular complexity index is 449. The third-order valence-electron chi connectivity index (χ3n) is 5.04. The number of nitrogens with one attached hydrogen (secondary N) is 1. The highest BCUT2D eigenvalue weighted by Gasteiger charge is 2.37. The lowest BCUT2D eigenvalue weighted by molar-refractivity contribution is 0.148. The number of para-hydroxylation sites is 1. The molecule has 1 N–H and O–H groups in total. The molecule has 1 aliphatic heterocycles. The van der Waals surface area contributed by atoms with E-state index in [9.17, 15) is 0 Å². The molecule has 2 nitrogen and oxygen atoms in total. The zero-order valence-corrected chi connectivity index (χ0v) is 12.2. The van der Waals surface area contributed by atoms with E-state index in [1.165, 1.54) is 43.2 Å². The van der Waals surface area contributed by atoms with Crippen LogP contribution in [0.25, 0.3) is 0 Å². The van der Waals surface area contributed by atoms with E-state index in [-0.39, 0.29) is 0 Å². The molecule has 1 aromatic carbocycles. The summed E-state index contributed by atoms with van der Waals surface area (Å²) in [5.74, 6) is 1.16. The first-order valence-electron chi connectivity index (χ1n) is 7.66. The number of hydrogen-bond donors (Lipinski definition) is 1. The van der Waals surface area contributed by atoms with Gasteiger partial charge >= 0.3 is 0 Å². The molecule has 0 radical (unpaired) electrons. The van der Waals surface area contributed by atoms with E-state index in [4.69, 9.17) is 4.74 Å². The fraction of sp³-hybridized carbons (Fsp3) is 0.647. The molecule has 1 heterocycles. The van der Waals surface area contributed by atoms with Crippen molar-refractivity contribution < 1.29 is 4.74 Å². The second-order valence-corrected chi connectivity index (χ2v) is 6.37. The third-order valence-corrected chi connectivity index (χ3v) is 5.04. The topological polar surface area (TPSA) is 21.3 Å². The van der Waals surface area contributed by atoms with E-state index in [2.05, 4.69) is 37.5 Å². The molecule has 1 aromatic rings. The third kappa shape index (κ3) is 2.27. The lowest BCUT2D eigenvalue weighted by Gasteiger charge is -2.41. The molecule has 1 saturated carbocycles.